The van der Waals surface area contributed by atoms with Crippen molar-refractivity contribution in [2.75, 3.05) is 19.8 Å². The van der Waals surface area contributed by atoms with Crippen LogP contribution in [0.25, 0.3) is 0 Å². The van der Waals surface area contributed by atoms with E-state index in [1.54, 1.807) is 27.7 Å². The Hall–Kier alpha value is -1.44. The zero-order chi connectivity index (χ0) is 21.7. The molecule has 0 aromatic carbocycles. The lowest BCUT2D eigenvalue weighted by molar-refractivity contribution is -0.128. The van der Waals surface area contributed by atoms with E-state index in [0.717, 1.165) is 0 Å². The standard InChI is InChI=1S/C7H14O3.C6H12O2.C5H10O.CH2O/c1-5(3-8)7(10)6(2)4-9;1-3-6(8)5(2)4-7;1-3-5(6)4-2;1-2/h5-6,8-9H,3-4H2,1-2H3;5,7H,3-4H2,1-2H3;3-4H2,1-2H3;1H2. The predicted octanol–water partition coefficient (Wildman–Crippen LogP) is 1.60. The van der Waals surface area contributed by atoms with Crippen LogP contribution in [0.3, 0.4) is 0 Å². The van der Waals surface area contributed by atoms with E-state index in [1.165, 1.54) is 0 Å². The fraction of sp³-hybridized carbons (Fsp3) is 0.789. The summed E-state index contributed by atoms with van der Waals surface area (Å²) in [5, 5.41) is 25.5. The van der Waals surface area contributed by atoms with E-state index in [2.05, 4.69) is 0 Å². The Labute approximate surface area is 157 Å². The normalized spacial score (nSPS) is 12.5. The average Bonchev–Trinajstić information content (AvgIpc) is 2.72. The van der Waals surface area contributed by atoms with Gasteiger partial charge in [0.2, 0.25) is 0 Å². The molecule has 0 bridgehead atoms. The third-order valence-electron chi connectivity index (χ3n) is 3.48. The van der Waals surface area contributed by atoms with E-state index in [-0.39, 0.29) is 49.1 Å². The summed E-state index contributed by atoms with van der Waals surface area (Å²) in [6.45, 7) is 12.3. The Balaban J connectivity index is -0.000000137. The minimum atomic E-state index is -0.345. The van der Waals surface area contributed by atoms with Crippen LogP contribution in [-0.4, -0.2) is 59.3 Å². The molecule has 3 unspecified atom stereocenters. The van der Waals surface area contributed by atoms with E-state index in [4.69, 9.17) is 20.1 Å². The van der Waals surface area contributed by atoms with E-state index in [9.17, 15) is 14.4 Å². The summed E-state index contributed by atoms with van der Waals surface area (Å²) in [4.78, 5) is 39.7. The maximum atomic E-state index is 11.0. The van der Waals surface area contributed by atoms with E-state index < -0.39 is 0 Å². The van der Waals surface area contributed by atoms with Gasteiger partial charge in [-0.05, 0) is 0 Å². The number of aliphatic hydroxyl groups is 3. The third-order valence-corrected chi connectivity index (χ3v) is 3.48. The molecule has 0 rings (SSSR count). The minimum absolute atomic E-state index is 0.0212. The van der Waals surface area contributed by atoms with Gasteiger partial charge < -0.3 is 20.1 Å². The summed E-state index contributed by atoms with van der Waals surface area (Å²) in [6.07, 6.45) is 1.91. The van der Waals surface area contributed by atoms with E-state index in [0.29, 0.717) is 25.0 Å². The molecule has 7 nitrogen and oxygen atoms in total. The molecule has 0 amide bonds. The van der Waals surface area contributed by atoms with Crippen molar-refractivity contribution in [3.8, 4) is 0 Å². The molecule has 3 N–H and O–H groups in total. The van der Waals surface area contributed by atoms with Crippen LogP contribution < -0.4 is 0 Å². The highest BCUT2D eigenvalue weighted by molar-refractivity contribution is 5.83. The molecule has 0 aliphatic carbocycles. The van der Waals surface area contributed by atoms with Gasteiger partial charge in [0.1, 0.15) is 24.1 Å². The molecule has 0 heterocycles. The number of ketones is 3. The first-order valence-electron chi connectivity index (χ1n) is 8.85. The molecule has 0 aromatic heterocycles. The average molecular weight is 379 g/mol. The van der Waals surface area contributed by atoms with Gasteiger partial charge in [-0.15, -0.1) is 0 Å². The Morgan fingerprint density at radius 2 is 1.00 bits per heavy atom. The molecule has 0 aliphatic rings. The molecule has 0 radical (unpaired) electrons. The number of Topliss-reactive ketones (excluding diaryl/α,β-unsaturated/α-hetero) is 3. The first-order chi connectivity index (χ1) is 12.2. The van der Waals surface area contributed by atoms with Crippen molar-refractivity contribution < 1.29 is 34.5 Å². The van der Waals surface area contributed by atoms with E-state index >= 15 is 0 Å². The van der Waals surface area contributed by atoms with Crippen molar-refractivity contribution in [3.05, 3.63) is 0 Å². The summed E-state index contributed by atoms with van der Waals surface area (Å²) in [5.74, 6) is -0.461. The molecule has 0 saturated heterocycles. The fourth-order valence-electron chi connectivity index (χ4n) is 1.37. The monoisotopic (exact) mass is 378 g/mol. The highest BCUT2D eigenvalue weighted by Gasteiger charge is 2.17. The summed E-state index contributed by atoms with van der Waals surface area (Å²) in [5.41, 5.74) is 0. The molecular weight excluding hydrogens is 340 g/mol. The lowest BCUT2D eigenvalue weighted by atomic mass is 9.97. The number of rotatable bonds is 9. The van der Waals surface area contributed by atoms with Crippen molar-refractivity contribution in [1.29, 1.82) is 0 Å². The van der Waals surface area contributed by atoms with Crippen molar-refractivity contribution >= 4 is 24.1 Å². The van der Waals surface area contributed by atoms with Crippen LogP contribution in [0.2, 0.25) is 0 Å². The number of hydrogen-bond acceptors (Lipinski definition) is 7. The zero-order valence-corrected chi connectivity index (χ0v) is 17.2. The highest BCUT2D eigenvalue weighted by atomic mass is 16.3. The van der Waals surface area contributed by atoms with Crippen molar-refractivity contribution in [2.24, 2.45) is 17.8 Å². The van der Waals surface area contributed by atoms with Gasteiger partial charge in [-0.2, -0.15) is 0 Å². The number of aliphatic hydroxyl groups excluding tert-OH is 3. The number of carbonyl (C=O) groups is 4. The second kappa shape index (κ2) is 23.6. The van der Waals surface area contributed by atoms with Gasteiger partial charge in [0.15, 0.2) is 0 Å². The van der Waals surface area contributed by atoms with Crippen LogP contribution in [-0.2, 0) is 19.2 Å². The zero-order valence-electron chi connectivity index (χ0n) is 17.2. The van der Waals surface area contributed by atoms with Crippen molar-refractivity contribution in [3.63, 3.8) is 0 Å². The Morgan fingerprint density at radius 1 is 0.692 bits per heavy atom. The summed E-state index contributed by atoms with van der Waals surface area (Å²) in [7, 11) is 0. The molecule has 0 aliphatic heterocycles. The number of hydrogen-bond donors (Lipinski definition) is 3. The molecule has 0 saturated carbocycles. The van der Waals surface area contributed by atoms with Crippen LogP contribution in [0.4, 0.5) is 0 Å². The smallest absolute Gasteiger partial charge is 0.143 e. The van der Waals surface area contributed by atoms with Gasteiger partial charge in [0.25, 0.3) is 0 Å². The number of carbonyl (C=O) groups excluding carboxylic acids is 4. The molecule has 0 spiro atoms. The minimum Gasteiger partial charge on any atom is -0.396 e. The van der Waals surface area contributed by atoms with Crippen molar-refractivity contribution in [2.45, 2.75) is 60.8 Å². The van der Waals surface area contributed by atoms with Crippen LogP contribution in [0.5, 0.6) is 0 Å². The lowest BCUT2D eigenvalue weighted by Crippen LogP contribution is -2.24. The Kier molecular flexibility index (Phi) is 29.2. The fourth-order valence-corrected chi connectivity index (χ4v) is 1.37. The maximum absolute atomic E-state index is 11.0. The van der Waals surface area contributed by atoms with Gasteiger partial charge in [0.05, 0.1) is 19.8 Å². The quantitative estimate of drug-likeness (QED) is 0.555. The van der Waals surface area contributed by atoms with Gasteiger partial charge in [-0.25, -0.2) is 0 Å². The Morgan fingerprint density at radius 3 is 1.12 bits per heavy atom. The molecule has 26 heavy (non-hydrogen) atoms. The van der Waals surface area contributed by atoms with Gasteiger partial charge in [-0.1, -0.05) is 41.5 Å². The largest absolute Gasteiger partial charge is 0.396 e. The van der Waals surface area contributed by atoms with Crippen LogP contribution >= 0.6 is 0 Å². The van der Waals surface area contributed by atoms with Crippen LogP contribution in [0.15, 0.2) is 0 Å². The first kappa shape index (κ1) is 32.3. The van der Waals surface area contributed by atoms with Gasteiger partial charge >= 0.3 is 0 Å². The second-order valence-corrected chi connectivity index (χ2v) is 5.72. The van der Waals surface area contributed by atoms with Crippen molar-refractivity contribution in [1.82, 2.24) is 0 Å². The molecule has 3 atom stereocenters. The highest BCUT2D eigenvalue weighted by Crippen LogP contribution is 2.04. The molecular formula is C19H38O7. The lowest BCUT2D eigenvalue weighted by Gasteiger charge is -2.10. The summed E-state index contributed by atoms with van der Waals surface area (Å²) in [6, 6.07) is 0. The topological polar surface area (TPSA) is 129 Å². The van der Waals surface area contributed by atoms with Gasteiger partial charge in [-0.3, -0.25) is 14.4 Å². The SMILES string of the molecule is C=O.CC(CO)C(=O)C(C)CO.CCC(=O)C(C)CO.CCC(=O)CC. The summed E-state index contributed by atoms with van der Waals surface area (Å²) >= 11 is 0. The molecule has 7 heteroatoms. The molecule has 156 valence electrons. The summed E-state index contributed by atoms with van der Waals surface area (Å²) < 4.78 is 0. The van der Waals surface area contributed by atoms with Crippen LogP contribution in [0, 0.1) is 17.8 Å². The third kappa shape index (κ3) is 20.6. The maximum Gasteiger partial charge on any atom is 0.143 e. The predicted molar refractivity (Wildman–Crippen MR) is 102 cm³/mol. The van der Waals surface area contributed by atoms with E-state index in [1.807, 2.05) is 20.6 Å². The Bertz CT molecular complexity index is 338. The first-order valence-corrected chi connectivity index (χ1v) is 8.85. The molecule has 0 fully saturated rings. The van der Waals surface area contributed by atoms with Gasteiger partial charge in [0, 0.05) is 37.0 Å². The van der Waals surface area contributed by atoms with Crippen LogP contribution in [0.1, 0.15) is 60.8 Å². The second-order valence-electron chi connectivity index (χ2n) is 5.72. The molecule has 0 aromatic rings.